The zero-order chi connectivity index (χ0) is 19.1. The topological polar surface area (TPSA) is 61.7 Å². The molecule has 0 amide bonds. The first-order valence-corrected chi connectivity index (χ1v) is 9.86. The normalized spacial score (nSPS) is 21.1. The molecule has 1 heterocycles. The summed E-state index contributed by atoms with van der Waals surface area (Å²) in [7, 11) is 0. The standard InChI is InChI=1S/C22H33NO3/c1-13(2)23-21(25)18(24)12-15-10-14(3)11-19-20(15)16-8-6-7-9-17(16)22(4,5)26-19/h10-11,13,18,21,23-25H,6-9,12H2,1-5H3. The first kappa shape index (κ1) is 19.4. The highest BCUT2D eigenvalue weighted by Gasteiger charge is 2.37. The van der Waals surface area contributed by atoms with E-state index >= 15 is 0 Å². The first-order valence-electron chi connectivity index (χ1n) is 9.86. The van der Waals surface area contributed by atoms with E-state index in [0.717, 1.165) is 35.3 Å². The number of hydrogen-bond donors (Lipinski definition) is 3. The van der Waals surface area contributed by atoms with Gasteiger partial charge < -0.3 is 14.9 Å². The molecule has 0 radical (unpaired) electrons. The van der Waals surface area contributed by atoms with E-state index in [4.69, 9.17) is 4.74 Å². The number of nitrogens with one attached hydrogen (secondary N) is 1. The molecular weight excluding hydrogens is 326 g/mol. The second kappa shape index (κ2) is 7.34. The third-order valence-electron chi connectivity index (χ3n) is 5.49. The fourth-order valence-electron chi connectivity index (χ4n) is 4.38. The van der Waals surface area contributed by atoms with Crippen molar-refractivity contribution >= 4 is 5.57 Å². The van der Waals surface area contributed by atoms with Gasteiger partial charge in [0.25, 0.3) is 0 Å². The molecule has 0 aromatic heterocycles. The summed E-state index contributed by atoms with van der Waals surface area (Å²) in [6, 6.07) is 4.35. The van der Waals surface area contributed by atoms with Gasteiger partial charge in [-0.3, -0.25) is 5.32 Å². The minimum Gasteiger partial charge on any atom is -0.483 e. The lowest BCUT2D eigenvalue weighted by Gasteiger charge is -2.40. The molecule has 4 heteroatoms. The van der Waals surface area contributed by atoms with E-state index in [0.29, 0.717) is 6.42 Å². The van der Waals surface area contributed by atoms with Crippen LogP contribution in [0.25, 0.3) is 5.57 Å². The molecule has 2 unspecified atom stereocenters. The number of allylic oxidation sites excluding steroid dienone is 1. The lowest BCUT2D eigenvalue weighted by molar-refractivity contribution is -0.00593. The summed E-state index contributed by atoms with van der Waals surface area (Å²) in [5.41, 5.74) is 5.87. The van der Waals surface area contributed by atoms with Crippen molar-refractivity contribution in [2.24, 2.45) is 0 Å². The van der Waals surface area contributed by atoms with Crippen LogP contribution >= 0.6 is 0 Å². The van der Waals surface area contributed by atoms with Crippen molar-refractivity contribution < 1.29 is 14.9 Å². The van der Waals surface area contributed by atoms with Crippen LogP contribution in [0.15, 0.2) is 17.7 Å². The van der Waals surface area contributed by atoms with Crippen LogP contribution in [-0.2, 0) is 6.42 Å². The molecule has 2 aliphatic rings. The molecule has 0 spiro atoms. The third kappa shape index (κ3) is 3.83. The minimum atomic E-state index is -0.938. The van der Waals surface area contributed by atoms with Crippen LogP contribution < -0.4 is 10.1 Å². The molecule has 3 N–H and O–H groups in total. The number of rotatable bonds is 5. The first-order chi connectivity index (χ1) is 12.2. The SMILES string of the molecule is Cc1cc(CC(O)C(O)NC(C)C)c2c(c1)OC(C)(C)C1=C2CCCC1. The van der Waals surface area contributed by atoms with Crippen molar-refractivity contribution in [1.82, 2.24) is 5.32 Å². The van der Waals surface area contributed by atoms with E-state index in [1.165, 1.54) is 24.0 Å². The second-order valence-electron chi connectivity index (χ2n) is 8.61. The summed E-state index contributed by atoms with van der Waals surface area (Å²) in [6.45, 7) is 10.3. The lowest BCUT2D eigenvalue weighted by atomic mass is 9.76. The number of hydrogen-bond acceptors (Lipinski definition) is 4. The maximum absolute atomic E-state index is 10.5. The molecule has 144 valence electrons. The minimum absolute atomic E-state index is 0.114. The van der Waals surface area contributed by atoms with Crippen LogP contribution in [0.3, 0.4) is 0 Å². The van der Waals surface area contributed by atoms with Crippen molar-refractivity contribution in [3.63, 3.8) is 0 Å². The Morgan fingerprint density at radius 3 is 2.54 bits per heavy atom. The van der Waals surface area contributed by atoms with Crippen LogP contribution in [0.1, 0.15) is 70.1 Å². The highest BCUT2D eigenvalue weighted by atomic mass is 16.5. The van der Waals surface area contributed by atoms with Gasteiger partial charge in [0, 0.05) is 18.0 Å². The molecule has 26 heavy (non-hydrogen) atoms. The Balaban J connectivity index is 2.00. The van der Waals surface area contributed by atoms with Crippen molar-refractivity contribution in [3.8, 4) is 5.75 Å². The monoisotopic (exact) mass is 359 g/mol. The van der Waals surface area contributed by atoms with E-state index in [9.17, 15) is 10.2 Å². The number of benzene rings is 1. The van der Waals surface area contributed by atoms with E-state index in [1.807, 2.05) is 13.8 Å². The van der Waals surface area contributed by atoms with Gasteiger partial charge in [-0.1, -0.05) is 6.07 Å². The Kier molecular flexibility index (Phi) is 5.48. The summed E-state index contributed by atoms with van der Waals surface area (Å²) in [5, 5.41) is 23.8. The number of fused-ring (bicyclic) bond motifs is 2. The molecule has 3 rings (SSSR count). The van der Waals surface area contributed by atoms with E-state index < -0.39 is 12.3 Å². The zero-order valence-electron chi connectivity index (χ0n) is 16.7. The van der Waals surface area contributed by atoms with Crippen LogP contribution in [0.2, 0.25) is 0 Å². The maximum Gasteiger partial charge on any atom is 0.131 e. The van der Waals surface area contributed by atoms with Gasteiger partial charge in [0.05, 0.1) is 6.10 Å². The predicted molar refractivity (Wildman–Crippen MR) is 105 cm³/mol. The van der Waals surface area contributed by atoms with Crippen molar-refractivity contribution in [1.29, 1.82) is 0 Å². The van der Waals surface area contributed by atoms with Gasteiger partial charge in [-0.25, -0.2) is 0 Å². The molecule has 1 aliphatic carbocycles. The Hall–Kier alpha value is -1.36. The zero-order valence-corrected chi connectivity index (χ0v) is 16.7. The molecule has 1 aliphatic heterocycles. The quantitative estimate of drug-likeness (QED) is 0.701. The molecular formula is C22H33NO3. The predicted octanol–water partition coefficient (Wildman–Crippen LogP) is 3.71. The van der Waals surface area contributed by atoms with Crippen LogP contribution in [0.4, 0.5) is 0 Å². The van der Waals surface area contributed by atoms with Gasteiger partial charge in [-0.15, -0.1) is 0 Å². The number of aliphatic hydroxyl groups excluding tert-OH is 2. The summed E-state index contributed by atoms with van der Waals surface area (Å²) in [4.78, 5) is 0. The van der Waals surface area contributed by atoms with E-state index in [-0.39, 0.29) is 11.6 Å². The van der Waals surface area contributed by atoms with Gasteiger partial charge in [0.2, 0.25) is 0 Å². The van der Waals surface area contributed by atoms with Crippen molar-refractivity contribution in [2.45, 2.75) is 90.7 Å². The highest BCUT2D eigenvalue weighted by Crippen LogP contribution is 2.48. The van der Waals surface area contributed by atoms with Gasteiger partial charge >= 0.3 is 0 Å². The van der Waals surface area contributed by atoms with Gasteiger partial charge in [0.1, 0.15) is 17.6 Å². The van der Waals surface area contributed by atoms with Crippen molar-refractivity contribution in [2.75, 3.05) is 0 Å². The molecule has 2 atom stereocenters. The number of ether oxygens (including phenoxy) is 1. The Morgan fingerprint density at radius 1 is 1.15 bits per heavy atom. The summed E-state index contributed by atoms with van der Waals surface area (Å²) < 4.78 is 6.40. The van der Waals surface area contributed by atoms with Crippen LogP contribution in [0.5, 0.6) is 5.75 Å². The lowest BCUT2D eigenvalue weighted by Crippen LogP contribution is -2.44. The van der Waals surface area contributed by atoms with E-state index in [1.54, 1.807) is 0 Å². The van der Waals surface area contributed by atoms with Crippen molar-refractivity contribution in [3.05, 3.63) is 34.4 Å². The fraction of sp³-hybridized carbons (Fsp3) is 0.636. The van der Waals surface area contributed by atoms with Gasteiger partial charge in [0.15, 0.2) is 0 Å². The highest BCUT2D eigenvalue weighted by molar-refractivity contribution is 5.79. The molecule has 0 saturated carbocycles. The average molecular weight is 360 g/mol. The van der Waals surface area contributed by atoms with E-state index in [2.05, 4.69) is 38.2 Å². The van der Waals surface area contributed by atoms with Gasteiger partial charge in [-0.2, -0.15) is 0 Å². The Morgan fingerprint density at radius 2 is 1.85 bits per heavy atom. The van der Waals surface area contributed by atoms with Crippen LogP contribution in [0, 0.1) is 6.92 Å². The maximum atomic E-state index is 10.5. The molecule has 0 saturated heterocycles. The smallest absolute Gasteiger partial charge is 0.131 e. The average Bonchev–Trinajstić information content (AvgIpc) is 2.53. The number of aliphatic hydroxyl groups is 2. The van der Waals surface area contributed by atoms with Gasteiger partial charge in [-0.05, 0) is 88.6 Å². The Labute approximate surface area is 157 Å². The molecule has 1 aromatic carbocycles. The number of aryl methyl sites for hydroxylation is 1. The largest absolute Gasteiger partial charge is 0.483 e. The second-order valence-corrected chi connectivity index (χ2v) is 8.61. The molecule has 0 fully saturated rings. The summed E-state index contributed by atoms with van der Waals surface area (Å²) in [6.07, 6.45) is 3.16. The Bertz CT molecular complexity index is 706. The summed E-state index contributed by atoms with van der Waals surface area (Å²) in [5.74, 6) is 0.921. The molecule has 1 aromatic rings. The fourth-order valence-corrected chi connectivity index (χ4v) is 4.38. The summed E-state index contributed by atoms with van der Waals surface area (Å²) >= 11 is 0. The molecule has 4 nitrogen and oxygen atoms in total. The molecule has 0 bridgehead atoms. The van der Waals surface area contributed by atoms with Crippen LogP contribution in [-0.4, -0.2) is 34.2 Å². The third-order valence-corrected chi connectivity index (χ3v) is 5.49.